The minimum atomic E-state index is -3.71. The van der Waals surface area contributed by atoms with E-state index < -0.39 is 21.7 Å². The molecule has 164 valence electrons. The number of amides is 1. The van der Waals surface area contributed by atoms with Gasteiger partial charge in [0.1, 0.15) is 0 Å². The van der Waals surface area contributed by atoms with Crippen LogP contribution in [-0.4, -0.2) is 27.1 Å². The van der Waals surface area contributed by atoms with Gasteiger partial charge in [-0.3, -0.25) is 9.10 Å². The molecule has 0 fully saturated rings. The van der Waals surface area contributed by atoms with Crippen molar-refractivity contribution >= 4 is 21.6 Å². The van der Waals surface area contributed by atoms with Gasteiger partial charge in [-0.15, -0.1) is 0 Å². The molecule has 1 amide bonds. The SMILES string of the molecule is CCC(NC(=O)CCCN(c1ccc(F)c(F)c1)S(C)(=O)=O)c1ccc(C)c(C)c1. The van der Waals surface area contributed by atoms with Gasteiger partial charge in [-0.25, -0.2) is 17.2 Å². The first-order chi connectivity index (χ1) is 14.0. The molecule has 8 heteroatoms. The minimum absolute atomic E-state index is 0.0161. The molecule has 2 aromatic carbocycles. The van der Waals surface area contributed by atoms with Crippen molar-refractivity contribution in [1.29, 1.82) is 0 Å². The summed E-state index contributed by atoms with van der Waals surface area (Å²) >= 11 is 0. The Kier molecular flexibility index (Phi) is 7.95. The average Bonchev–Trinajstić information content (AvgIpc) is 2.67. The van der Waals surface area contributed by atoms with Crippen molar-refractivity contribution in [2.45, 2.75) is 46.1 Å². The summed E-state index contributed by atoms with van der Waals surface area (Å²) in [5, 5.41) is 2.98. The fourth-order valence-electron chi connectivity index (χ4n) is 3.18. The number of sulfonamides is 1. The molecule has 0 saturated heterocycles. The lowest BCUT2D eigenvalue weighted by atomic mass is 9.99. The third kappa shape index (κ3) is 6.26. The first kappa shape index (κ1) is 23.8. The number of nitrogens with one attached hydrogen (secondary N) is 1. The minimum Gasteiger partial charge on any atom is -0.349 e. The Morgan fingerprint density at radius 3 is 2.33 bits per heavy atom. The lowest BCUT2D eigenvalue weighted by Gasteiger charge is -2.23. The number of rotatable bonds is 9. The highest BCUT2D eigenvalue weighted by Crippen LogP contribution is 2.22. The monoisotopic (exact) mass is 438 g/mol. The Labute approximate surface area is 177 Å². The first-order valence-corrected chi connectivity index (χ1v) is 11.7. The number of benzene rings is 2. The predicted octanol–water partition coefficient (Wildman–Crippen LogP) is 4.40. The first-order valence-electron chi connectivity index (χ1n) is 9.82. The van der Waals surface area contributed by atoms with Crippen LogP contribution in [0.1, 0.15) is 48.9 Å². The zero-order valence-electron chi connectivity index (χ0n) is 17.7. The molecule has 0 spiro atoms. The summed E-state index contributed by atoms with van der Waals surface area (Å²) < 4.78 is 51.8. The summed E-state index contributed by atoms with van der Waals surface area (Å²) in [5.41, 5.74) is 3.38. The summed E-state index contributed by atoms with van der Waals surface area (Å²) in [6.45, 7) is 6.01. The molecule has 1 N–H and O–H groups in total. The van der Waals surface area contributed by atoms with Gasteiger partial charge in [0.25, 0.3) is 0 Å². The number of hydrogen-bond donors (Lipinski definition) is 1. The fraction of sp³-hybridized carbons (Fsp3) is 0.409. The summed E-state index contributed by atoms with van der Waals surface area (Å²) in [7, 11) is -3.71. The third-order valence-corrected chi connectivity index (χ3v) is 6.23. The number of carbonyl (C=O) groups excluding carboxylic acids is 1. The van der Waals surface area contributed by atoms with Crippen LogP contribution in [0.3, 0.4) is 0 Å². The van der Waals surface area contributed by atoms with Gasteiger partial charge in [-0.05, 0) is 55.5 Å². The van der Waals surface area contributed by atoms with E-state index >= 15 is 0 Å². The van der Waals surface area contributed by atoms with Crippen molar-refractivity contribution < 1.29 is 22.0 Å². The largest absolute Gasteiger partial charge is 0.349 e. The molecule has 0 bridgehead atoms. The Bertz CT molecular complexity index is 1010. The second-order valence-electron chi connectivity index (χ2n) is 7.41. The normalized spacial score (nSPS) is 12.5. The van der Waals surface area contributed by atoms with Gasteiger partial charge in [-0.2, -0.15) is 0 Å². The highest BCUT2D eigenvalue weighted by Gasteiger charge is 2.20. The molecule has 30 heavy (non-hydrogen) atoms. The van der Waals surface area contributed by atoms with E-state index in [4.69, 9.17) is 0 Å². The van der Waals surface area contributed by atoms with E-state index in [-0.39, 0.29) is 37.0 Å². The van der Waals surface area contributed by atoms with Crippen LogP contribution in [0, 0.1) is 25.5 Å². The van der Waals surface area contributed by atoms with Gasteiger partial charge in [0, 0.05) is 19.0 Å². The van der Waals surface area contributed by atoms with Crippen molar-refractivity contribution in [3.05, 3.63) is 64.7 Å². The molecule has 2 aromatic rings. The molecule has 0 aliphatic heterocycles. The number of halogens is 2. The summed E-state index contributed by atoms with van der Waals surface area (Å²) in [5.74, 6) is -2.37. The number of hydrogen-bond acceptors (Lipinski definition) is 3. The Hall–Kier alpha value is -2.48. The van der Waals surface area contributed by atoms with Gasteiger partial charge < -0.3 is 5.32 Å². The maximum atomic E-state index is 13.5. The van der Waals surface area contributed by atoms with Crippen LogP contribution in [0.5, 0.6) is 0 Å². The molecule has 0 saturated carbocycles. The second kappa shape index (κ2) is 10.0. The maximum Gasteiger partial charge on any atom is 0.232 e. The molecule has 1 unspecified atom stereocenters. The Balaban J connectivity index is 2.01. The van der Waals surface area contributed by atoms with E-state index in [9.17, 15) is 22.0 Å². The van der Waals surface area contributed by atoms with E-state index in [0.29, 0.717) is 0 Å². The number of anilines is 1. The van der Waals surface area contributed by atoms with E-state index in [1.165, 1.54) is 11.6 Å². The van der Waals surface area contributed by atoms with E-state index in [1.807, 2.05) is 32.9 Å². The summed E-state index contributed by atoms with van der Waals surface area (Å²) in [6, 6.07) is 8.85. The van der Waals surface area contributed by atoms with Crippen LogP contribution in [0.15, 0.2) is 36.4 Å². The quantitative estimate of drug-likeness (QED) is 0.631. The summed E-state index contributed by atoms with van der Waals surface area (Å²) in [6.07, 6.45) is 2.05. The van der Waals surface area contributed by atoms with Crippen molar-refractivity contribution in [3.63, 3.8) is 0 Å². The van der Waals surface area contributed by atoms with Gasteiger partial charge in [0.15, 0.2) is 11.6 Å². The zero-order valence-corrected chi connectivity index (χ0v) is 18.5. The number of nitrogens with zero attached hydrogens (tertiary/aromatic N) is 1. The van der Waals surface area contributed by atoms with Gasteiger partial charge in [0.05, 0.1) is 18.0 Å². The van der Waals surface area contributed by atoms with Crippen molar-refractivity contribution in [2.75, 3.05) is 17.1 Å². The van der Waals surface area contributed by atoms with E-state index in [1.54, 1.807) is 0 Å². The van der Waals surface area contributed by atoms with Crippen molar-refractivity contribution in [2.24, 2.45) is 0 Å². The molecular weight excluding hydrogens is 410 g/mol. The highest BCUT2D eigenvalue weighted by molar-refractivity contribution is 7.92. The van der Waals surface area contributed by atoms with Crippen LogP contribution in [0.2, 0.25) is 0 Å². The van der Waals surface area contributed by atoms with Gasteiger partial charge >= 0.3 is 0 Å². The summed E-state index contributed by atoms with van der Waals surface area (Å²) in [4.78, 5) is 12.4. The smallest absolute Gasteiger partial charge is 0.232 e. The molecule has 0 aromatic heterocycles. The Morgan fingerprint density at radius 1 is 1.07 bits per heavy atom. The lowest BCUT2D eigenvalue weighted by molar-refractivity contribution is -0.121. The third-order valence-electron chi connectivity index (χ3n) is 5.03. The van der Waals surface area contributed by atoms with Crippen LogP contribution >= 0.6 is 0 Å². The van der Waals surface area contributed by atoms with Crippen molar-refractivity contribution in [3.8, 4) is 0 Å². The number of aryl methyl sites for hydroxylation is 2. The Morgan fingerprint density at radius 2 is 1.77 bits per heavy atom. The molecule has 0 radical (unpaired) electrons. The lowest BCUT2D eigenvalue weighted by Crippen LogP contribution is -2.33. The highest BCUT2D eigenvalue weighted by atomic mass is 32.2. The molecule has 0 aliphatic rings. The maximum absolute atomic E-state index is 13.5. The van der Waals surface area contributed by atoms with Crippen LogP contribution in [0.25, 0.3) is 0 Å². The van der Waals surface area contributed by atoms with Gasteiger partial charge in [0.2, 0.25) is 15.9 Å². The molecule has 2 rings (SSSR count). The molecule has 5 nitrogen and oxygen atoms in total. The molecule has 0 heterocycles. The van der Waals surface area contributed by atoms with Crippen LogP contribution < -0.4 is 9.62 Å². The number of carbonyl (C=O) groups is 1. The van der Waals surface area contributed by atoms with Gasteiger partial charge in [-0.1, -0.05) is 25.1 Å². The molecule has 0 aliphatic carbocycles. The second-order valence-corrected chi connectivity index (χ2v) is 9.32. The van der Waals surface area contributed by atoms with Crippen LogP contribution in [0.4, 0.5) is 14.5 Å². The molecule has 1 atom stereocenters. The van der Waals surface area contributed by atoms with E-state index in [2.05, 4.69) is 11.4 Å². The molecular formula is C22H28F2N2O3S. The average molecular weight is 439 g/mol. The van der Waals surface area contributed by atoms with E-state index in [0.717, 1.165) is 40.2 Å². The van der Waals surface area contributed by atoms with Crippen LogP contribution in [-0.2, 0) is 14.8 Å². The van der Waals surface area contributed by atoms with Crippen molar-refractivity contribution in [1.82, 2.24) is 5.32 Å². The topological polar surface area (TPSA) is 66.5 Å². The zero-order chi connectivity index (χ0) is 22.5. The fourth-order valence-corrected chi connectivity index (χ4v) is 4.14. The predicted molar refractivity (Wildman–Crippen MR) is 115 cm³/mol. The standard InChI is InChI=1S/C22H28F2N2O3S/c1-5-21(17-9-8-15(2)16(3)13-17)25-22(27)7-6-12-26(30(4,28)29)18-10-11-19(23)20(24)14-18/h8-11,13-14,21H,5-7,12H2,1-4H3,(H,25,27).